The predicted molar refractivity (Wildman–Crippen MR) is 169 cm³/mol. The summed E-state index contributed by atoms with van der Waals surface area (Å²) in [7, 11) is -3.84. The van der Waals surface area contributed by atoms with E-state index in [9.17, 15) is 23.1 Å². The number of aromatic nitrogens is 1. The quantitative estimate of drug-likeness (QED) is 0.298. The highest BCUT2D eigenvalue weighted by molar-refractivity contribution is 7.92. The summed E-state index contributed by atoms with van der Waals surface area (Å²) in [6, 6.07) is 12.9. The van der Waals surface area contributed by atoms with E-state index in [1.54, 1.807) is 36.4 Å². The molecule has 41 heavy (non-hydrogen) atoms. The molecule has 0 unspecified atom stereocenters. The van der Waals surface area contributed by atoms with Crippen LogP contribution in [-0.4, -0.2) is 74.6 Å². The lowest BCUT2D eigenvalue weighted by atomic mass is 10.1. The molecule has 2 aromatic carbocycles. The average molecular weight is 649 g/mol. The van der Waals surface area contributed by atoms with Gasteiger partial charge in [-0.1, -0.05) is 26.0 Å². The lowest BCUT2D eigenvalue weighted by Crippen LogP contribution is -2.49. The van der Waals surface area contributed by atoms with Crippen molar-refractivity contribution in [3.8, 4) is 0 Å². The number of piperazine rings is 1. The third-order valence-corrected chi connectivity index (χ3v) is 7.95. The highest BCUT2D eigenvalue weighted by Crippen LogP contribution is 2.28. The number of nitrogens with zero attached hydrogens (tertiary/aromatic N) is 3. The highest BCUT2D eigenvalue weighted by atomic mass is 35.5. The number of anilines is 2. The van der Waals surface area contributed by atoms with E-state index >= 15 is 0 Å². The highest BCUT2D eigenvalue weighted by Gasteiger charge is 2.23. The number of fused-ring (bicyclic) bond motifs is 1. The molecule has 226 valence electrons. The minimum Gasteiger partial charge on any atom is -0.478 e. The molecule has 0 saturated carbocycles. The van der Waals surface area contributed by atoms with Crippen LogP contribution in [0.15, 0.2) is 53.4 Å². The fraction of sp³-hybridized carbons (Fsp3) is 0.370. The number of sulfonamides is 1. The molecule has 14 heteroatoms. The smallest absolute Gasteiger partial charge is 0.336 e. The van der Waals surface area contributed by atoms with E-state index in [2.05, 4.69) is 19.9 Å². The van der Waals surface area contributed by atoms with E-state index in [1.165, 1.54) is 12.1 Å². The van der Waals surface area contributed by atoms with Crippen LogP contribution in [0.2, 0.25) is 0 Å². The Morgan fingerprint density at radius 2 is 1.61 bits per heavy atom. The first-order valence-electron chi connectivity index (χ1n) is 12.7. The van der Waals surface area contributed by atoms with Gasteiger partial charge in [0.25, 0.3) is 10.0 Å². The van der Waals surface area contributed by atoms with Crippen LogP contribution in [0.1, 0.15) is 36.2 Å². The van der Waals surface area contributed by atoms with Gasteiger partial charge < -0.3 is 15.3 Å². The third-order valence-electron chi connectivity index (χ3n) is 6.56. The SMILES string of the molecule is CCCNC(=O)CN1CCN(c2cc(C(=O)O)c3cc(NS(=O)(=O)c4ccc(CC)cc4)ccc3n2)CC1.Cl.Cl.Cl. The Labute approximate surface area is 259 Å². The average Bonchev–Trinajstić information content (AvgIpc) is 2.91. The van der Waals surface area contributed by atoms with Gasteiger partial charge in [-0.3, -0.25) is 14.4 Å². The number of halogens is 3. The first kappa shape index (κ1) is 36.2. The molecule has 0 bridgehead atoms. The van der Waals surface area contributed by atoms with Crippen LogP contribution in [-0.2, 0) is 21.2 Å². The number of carbonyl (C=O) groups is 2. The number of carboxylic acid groups (broad SMARTS) is 1. The maximum Gasteiger partial charge on any atom is 0.336 e. The van der Waals surface area contributed by atoms with E-state index in [-0.39, 0.29) is 59.3 Å². The number of rotatable bonds is 10. The van der Waals surface area contributed by atoms with Crippen molar-refractivity contribution in [3.05, 3.63) is 59.7 Å². The second-order valence-corrected chi connectivity index (χ2v) is 11.0. The van der Waals surface area contributed by atoms with Gasteiger partial charge >= 0.3 is 5.97 Å². The maximum atomic E-state index is 12.9. The second-order valence-electron chi connectivity index (χ2n) is 9.28. The molecule has 1 fully saturated rings. The van der Waals surface area contributed by atoms with Crippen molar-refractivity contribution in [1.29, 1.82) is 0 Å². The molecule has 1 amide bonds. The zero-order chi connectivity index (χ0) is 27.3. The van der Waals surface area contributed by atoms with Crippen LogP contribution in [0.4, 0.5) is 11.5 Å². The van der Waals surface area contributed by atoms with E-state index in [0.29, 0.717) is 56.0 Å². The summed E-state index contributed by atoms with van der Waals surface area (Å²) in [5.74, 6) is -0.587. The topological polar surface area (TPSA) is 132 Å². The van der Waals surface area contributed by atoms with E-state index in [4.69, 9.17) is 0 Å². The molecule has 0 atom stereocenters. The predicted octanol–water partition coefficient (Wildman–Crippen LogP) is 4.21. The van der Waals surface area contributed by atoms with E-state index in [1.807, 2.05) is 18.7 Å². The number of carbonyl (C=O) groups excluding carboxylic acids is 1. The molecule has 3 N–H and O–H groups in total. The normalized spacial score (nSPS) is 13.4. The number of hydrogen-bond donors (Lipinski definition) is 3. The first-order chi connectivity index (χ1) is 18.2. The van der Waals surface area contributed by atoms with Crippen molar-refractivity contribution >= 4 is 81.5 Å². The van der Waals surface area contributed by atoms with Crippen molar-refractivity contribution in [2.45, 2.75) is 31.6 Å². The molecular weight excluding hydrogens is 613 g/mol. The van der Waals surface area contributed by atoms with Gasteiger partial charge in [0.15, 0.2) is 0 Å². The summed E-state index contributed by atoms with van der Waals surface area (Å²) >= 11 is 0. The van der Waals surface area contributed by atoms with Crippen LogP contribution in [0.5, 0.6) is 0 Å². The largest absolute Gasteiger partial charge is 0.478 e. The molecule has 1 saturated heterocycles. The Balaban J connectivity index is 0.00000280. The van der Waals surface area contributed by atoms with E-state index < -0.39 is 16.0 Å². The molecular formula is C27H36Cl3N5O5S. The summed E-state index contributed by atoms with van der Waals surface area (Å²) in [5.41, 5.74) is 1.78. The van der Waals surface area contributed by atoms with Crippen molar-refractivity contribution in [1.82, 2.24) is 15.2 Å². The molecule has 0 aliphatic carbocycles. The lowest BCUT2D eigenvalue weighted by molar-refractivity contribution is -0.122. The van der Waals surface area contributed by atoms with Crippen molar-refractivity contribution in [2.75, 3.05) is 48.9 Å². The van der Waals surface area contributed by atoms with Crippen LogP contribution in [0.3, 0.4) is 0 Å². The zero-order valence-electron chi connectivity index (χ0n) is 22.8. The maximum absolute atomic E-state index is 12.9. The molecule has 1 aliphatic heterocycles. The molecule has 10 nitrogen and oxygen atoms in total. The standard InChI is InChI=1S/C27H33N5O5S.3ClH/c1-3-11-28-26(33)18-31-12-14-32(15-13-31)25-17-23(27(34)35)22-16-20(7-10-24(22)29-25)30-38(36,37)21-8-5-19(4-2)6-9-21;;;/h5-10,16-17,30H,3-4,11-15,18H2,1-2H3,(H,28,33)(H,34,35);3*1H. The van der Waals surface area contributed by atoms with Gasteiger partial charge in [-0.05, 0) is 54.8 Å². The molecule has 4 rings (SSSR count). The number of carboxylic acids is 1. The van der Waals surface area contributed by atoms with Crippen LogP contribution < -0.4 is 14.9 Å². The van der Waals surface area contributed by atoms with Crippen molar-refractivity contribution < 1.29 is 23.1 Å². The van der Waals surface area contributed by atoms with Gasteiger partial charge in [0.1, 0.15) is 5.82 Å². The number of aryl methyl sites for hydroxylation is 1. The zero-order valence-corrected chi connectivity index (χ0v) is 26.1. The van der Waals surface area contributed by atoms with Gasteiger partial charge in [-0.15, -0.1) is 37.2 Å². The molecule has 3 aromatic rings. The van der Waals surface area contributed by atoms with Crippen molar-refractivity contribution in [2.24, 2.45) is 0 Å². The summed E-state index contributed by atoms with van der Waals surface area (Å²) in [4.78, 5) is 33.0. The number of nitrogens with one attached hydrogen (secondary N) is 2. The van der Waals surface area contributed by atoms with Gasteiger partial charge in [-0.2, -0.15) is 0 Å². The molecule has 1 aliphatic rings. The Morgan fingerprint density at radius 1 is 0.951 bits per heavy atom. The molecule has 0 spiro atoms. The first-order valence-corrected chi connectivity index (χ1v) is 14.2. The molecule has 2 heterocycles. The summed E-state index contributed by atoms with van der Waals surface area (Å²) in [6.07, 6.45) is 1.69. The Hall–Kier alpha value is -2.83. The number of benzene rings is 2. The second kappa shape index (κ2) is 16.0. The third kappa shape index (κ3) is 9.08. The lowest BCUT2D eigenvalue weighted by Gasteiger charge is -2.35. The van der Waals surface area contributed by atoms with Gasteiger partial charge in [-0.25, -0.2) is 18.2 Å². The monoisotopic (exact) mass is 647 g/mol. The Morgan fingerprint density at radius 3 is 2.20 bits per heavy atom. The summed E-state index contributed by atoms with van der Waals surface area (Å²) in [6.45, 7) is 7.51. The number of hydrogen-bond acceptors (Lipinski definition) is 7. The minimum atomic E-state index is -3.84. The Bertz CT molecular complexity index is 1430. The molecule has 0 radical (unpaired) electrons. The van der Waals surface area contributed by atoms with Crippen LogP contribution >= 0.6 is 37.2 Å². The molecule has 1 aromatic heterocycles. The van der Waals surface area contributed by atoms with E-state index in [0.717, 1.165) is 18.4 Å². The van der Waals surface area contributed by atoms with Crippen LogP contribution in [0.25, 0.3) is 10.9 Å². The number of amides is 1. The minimum absolute atomic E-state index is 0. The van der Waals surface area contributed by atoms with Crippen molar-refractivity contribution in [3.63, 3.8) is 0 Å². The summed E-state index contributed by atoms with van der Waals surface area (Å²) < 4.78 is 28.3. The Kier molecular flexibility index (Phi) is 14.1. The fourth-order valence-electron chi connectivity index (χ4n) is 4.39. The fourth-order valence-corrected chi connectivity index (χ4v) is 5.44. The summed E-state index contributed by atoms with van der Waals surface area (Å²) in [5, 5.41) is 13.2. The number of aromatic carboxylic acids is 1. The van der Waals surface area contributed by atoms with Crippen LogP contribution in [0, 0.1) is 0 Å². The number of pyridine rings is 1. The van der Waals surface area contributed by atoms with Gasteiger partial charge in [0, 0.05) is 43.8 Å². The van der Waals surface area contributed by atoms with Gasteiger partial charge in [0.05, 0.1) is 22.5 Å². The van der Waals surface area contributed by atoms with Gasteiger partial charge in [0.2, 0.25) is 5.91 Å².